The lowest BCUT2D eigenvalue weighted by Crippen LogP contribution is -2.23. The van der Waals surface area contributed by atoms with Gasteiger partial charge in [-0.3, -0.25) is 4.57 Å². The normalized spacial score (nSPS) is 13.7. The van der Waals surface area contributed by atoms with E-state index in [9.17, 15) is 4.79 Å². The summed E-state index contributed by atoms with van der Waals surface area (Å²) in [4.78, 5) is 25.1. The fourth-order valence-corrected chi connectivity index (χ4v) is 6.96. The summed E-state index contributed by atoms with van der Waals surface area (Å²) in [6.07, 6.45) is 2.13. The second-order valence-corrected chi connectivity index (χ2v) is 19.0. The van der Waals surface area contributed by atoms with Crippen LogP contribution in [0.4, 0.5) is 16.8 Å². The lowest BCUT2D eigenvalue weighted by atomic mass is 10.2. The van der Waals surface area contributed by atoms with Crippen molar-refractivity contribution in [2.45, 2.75) is 58.1 Å². The third-order valence-corrected chi connectivity index (χ3v) is 10.6. The second kappa shape index (κ2) is 13.5. The summed E-state index contributed by atoms with van der Waals surface area (Å²) in [5, 5.41) is 18.8. The standard InChI is InChI=1S/C30H36N6O4S2Si/c1-6-40-28(38)26-24(12-9-15-37)42-29(31-26)35(2)25-18-21(20-13-14-20)27(34-33-25)32-30-36(19-39-16-17-43(3,4)5)22-10-7-8-11-23(22)41-30/h7-8,10-11,18,20,37H,6,13-17,19H2,1-5H3/b32-30-. The average molecular weight is 637 g/mol. The number of nitrogens with zero attached hydrogens (tertiary/aromatic N) is 6. The maximum Gasteiger partial charge on any atom is 0.359 e. The van der Waals surface area contributed by atoms with Gasteiger partial charge in [-0.05, 0) is 49.9 Å². The second-order valence-electron chi connectivity index (χ2n) is 11.4. The van der Waals surface area contributed by atoms with Crippen molar-refractivity contribution in [3.8, 4) is 11.8 Å². The van der Waals surface area contributed by atoms with E-state index in [1.54, 1.807) is 23.2 Å². The molecule has 1 aliphatic rings. The first-order valence-electron chi connectivity index (χ1n) is 14.3. The zero-order chi connectivity index (χ0) is 30.6. The Kier molecular flexibility index (Phi) is 9.73. The molecule has 43 heavy (non-hydrogen) atoms. The van der Waals surface area contributed by atoms with Gasteiger partial charge in [0.15, 0.2) is 27.3 Å². The van der Waals surface area contributed by atoms with Crippen LogP contribution in [0.15, 0.2) is 35.3 Å². The number of hydrogen-bond donors (Lipinski definition) is 1. The van der Waals surface area contributed by atoms with E-state index in [0.29, 0.717) is 34.3 Å². The highest BCUT2D eigenvalue weighted by Gasteiger charge is 2.29. The predicted octanol–water partition coefficient (Wildman–Crippen LogP) is 5.66. The Morgan fingerprint density at radius 1 is 1.23 bits per heavy atom. The molecule has 226 valence electrons. The van der Waals surface area contributed by atoms with Gasteiger partial charge in [-0.15, -0.1) is 10.2 Å². The molecular formula is C30H36N6O4S2Si. The van der Waals surface area contributed by atoms with Crippen molar-refractivity contribution >= 4 is 63.7 Å². The molecule has 3 heterocycles. The number of hydrogen-bond acceptors (Lipinski definition) is 11. The van der Waals surface area contributed by atoms with E-state index < -0.39 is 14.0 Å². The maximum absolute atomic E-state index is 12.5. The summed E-state index contributed by atoms with van der Waals surface area (Å²) in [6, 6.07) is 11.4. The van der Waals surface area contributed by atoms with Crippen molar-refractivity contribution in [2.24, 2.45) is 4.99 Å². The molecule has 5 rings (SSSR count). The Balaban J connectivity index is 1.49. The van der Waals surface area contributed by atoms with E-state index in [2.05, 4.69) is 63.4 Å². The van der Waals surface area contributed by atoms with E-state index in [-0.39, 0.29) is 18.9 Å². The van der Waals surface area contributed by atoms with Gasteiger partial charge in [-0.1, -0.05) is 66.3 Å². The summed E-state index contributed by atoms with van der Waals surface area (Å²) in [5.74, 6) is 6.40. The number of aliphatic hydroxyl groups is 1. The zero-order valence-electron chi connectivity index (χ0n) is 25.1. The molecule has 0 saturated heterocycles. The summed E-state index contributed by atoms with van der Waals surface area (Å²) < 4.78 is 14.5. The number of carbonyl (C=O) groups is 1. The van der Waals surface area contributed by atoms with Gasteiger partial charge in [0.1, 0.15) is 18.2 Å². The lowest BCUT2D eigenvalue weighted by Gasteiger charge is -2.16. The number of para-hydroxylation sites is 1. The van der Waals surface area contributed by atoms with Gasteiger partial charge in [0.05, 0.1) is 16.8 Å². The molecule has 0 spiro atoms. The fraction of sp³-hybridized carbons (Fsp3) is 0.433. The number of aliphatic hydroxyl groups excluding tert-OH is 1. The van der Waals surface area contributed by atoms with Crippen molar-refractivity contribution in [3.05, 3.63) is 51.3 Å². The predicted molar refractivity (Wildman–Crippen MR) is 173 cm³/mol. The minimum Gasteiger partial charge on any atom is -0.461 e. The van der Waals surface area contributed by atoms with Crippen LogP contribution in [0.1, 0.15) is 46.6 Å². The van der Waals surface area contributed by atoms with Gasteiger partial charge in [0, 0.05) is 27.3 Å². The molecule has 3 aromatic heterocycles. The topological polar surface area (TPSA) is 115 Å². The van der Waals surface area contributed by atoms with Crippen LogP contribution in [0.5, 0.6) is 0 Å². The highest BCUT2D eigenvalue weighted by molar-refractivity contribution is 7.16. The summed E-state index contributed by atoms with van der Waals surface area (Å²) >= 11 is 2.85. The largest absolute Gasteiger partial charge is 0.461 e. The van der Waals surface area contributed by atoms with Crippen LogP contribution in [0.3, 0.4) is 0 Å². The SMILES string of the molecule is CCOC(=O)c1nc(N(C)c2cc(C3CC3)c(/N=c3\sc4ccccc4n3COCC[Si](C)(C)C)nn2)sc1C#CCO. The van der Waals surface area contributed by atoms with Crippen molar-refractivity contribution in [1.82, 2.24) is 19.7 Å². The lowest BCUT2D eigenvalue weighted by molar-refractivity contribution is 0.0520. The van der Waals surface area contributed by atoms with Gasteiger partial charge in [0.2, 0.25) is 0 Å². The van der Waals surface area contributed by atoms with Crippen molar-refractivity contribution in [3.63, 3.8) is 0 Å². The number of esters is 1. The van der Waals surface area contributed by atoms with Crippen molar-refractivity contribution in [2.75, 3.05) is 31.8 Å². The first kappa shape index (κ1) is 31.0. The van der Waals surface area contributed by atoms with Gasteiger partial charge in [0.25, 0.3) is 0 Å². The number of anilines is 2. The number of rotatable bonds is 11. The fourth-order valence-electron chi connectivity index (χ4n) is 4.28. The molecule has 4 aromatic rings. The zero-order valence-corrected chi connectivity index (χ0v) is 27.7. The highest BCUT2D eigenvalue weighted by atomic mass is 32.1. The summed E-state index contributed by atoms with van der Waals surface area (Å²) in [6.45, 7) is 9.83. The molecule has 0 amide bonds. The number of aromatic nitrogens is 4. The van der Waals surface area contributed by atoms with Gasteiger partial charge in [-0.25, -0.2) is 9.78 Å². The molecule has 0 aliphatic heterocycles. The third-order valence-electron chi connectivity index (χ3n) is 6.81. The smallest absolute Gasteiger partial charge is 0.359 e. The van der Waals surface area contributed by atoms with Gasteiger partial charge >= 0.3 is 5.97 Å². The van der Waals surface area contributed by atoms with Crippen LogP contribution in [0.2, 0.25) is 25.7 Å². The van der Waals surface area contributed by atoms with E-state index in [1.807, 2.05) is 25.2 Å². The Morgan fingerprint density at radius 2 is 2.02 bits per heavy atom. The first-order valence-corrected chi connectivity index (χ1v) is 19.6. The molecule has 1 fully saturated rings. The Hall–Kier alpha value is -3.41. The molecule has 0 bridgehead atoms. The first-order chi connectivity index (χ1) is 20.7. The molecule has 1 aliphatic carbocycles. The molecule has 1 N–H and O–H groups in total. The number of fused-ring (bicyclic) bond motifs is 1. The van der Waals surface area contributed by atoms with Crippen LogP contribution in [0, 0.1) is 11.8 Å². The van der Waals surface area contributed by atoms with Gasteiger partial charge in [-0.2, -0.15) is 4.99 Å². The number of thiazole rings is 2. The molecule has 1 aromatic carbocycles. The monoisotopic (exact) mass is 636 g/mol. The minimum absolute atomic E-state index is 0.123. The van der Waals surface area contributed by atoms with E-state index in [1.165, 1.54) is 11.3 Å². The molecule has 1 saturated carbocycles. The van der Waals surface area contributed by atoms with E-state index >= 15 is 0 Å². The number of ether oxygens (including phenoxy) is 2. The maximum atomic E-state index is 12.5. The van der Waals surface area contributed by atoms with Crippen LogP contribution < -0.4 is 9.70 Å². The summed E-state index contributed by atoms with van der Waals surface area (Å²) in [7, 11) is 0.627. The quantitative estimate of drug-likeness (QED) is 0.0971. The van der Waals surface area contributed by atoms with Crippen LogP contribution in [0.25, 0.3) is 10.2 Å². The minimum atomic E-state index is -1.20. The number of benzene rings is 1. The molecule has 13 heteroatoms. The van der Waals surface area contributed by atoms with E-state index in [0.717, 1.165) is 46.1 Å². The Labute approximate surface area is 260 Å². The Morgan fingerprint density at radius 3 is 2.74 bits per heavy atom. The third kappa shape index (κ3) is 7.57. The number of carbonyl (C=O) groups excluding carboxylic acids is 1. The highest BCUT2D eigenvalue weighted by Crippen LogP contribution is 2.44. The van der Waals surface area contributed by atoms with Crippen LogP contribution in [-0.4, -0.2) is 65.8 Å². The molecule has 0 atom stereocenters. The summed E-state index contributed by atoms with van der Waals surface area (Å²) in [5.41, 5.74) is 2.24. The van der Waals surface area contributed by atoms with Crippen LogP contribution >= 0.6 is 22.7 Å². The molecule has 10 nitrogen and oxygen atoms in total. The van der Waals surface area contributed by atoms with Crippen molar-refractivity contribution < 1.29 is 19.4 Å². The van der Waals surface area contributed by atoms with Crippen molar-refractivity contribution in [1.29, 1.82) is 0 Å². The van der Waals surface area contributed by atoms with Gasteiger partial charge < -0.3 is 19.5 Å². The molecular weight excluding hydrogens is 601 g/mol. The average Bonchev–Trinajstić information content (AvgIpc) is 3.64. The van der Waals surface area contributed by atoms with Crippen LogP contribution in [-0.2, 0) is 16.2 Å². The Bertz CT molecular complexity index is 1740. The molecule has 0 radical (unpaired) electrons. The van der Waals surface area contributed by atoms with E-state index in [4.69, 9.17) is 19.6 Å². The molecule has 0 unspecified atom stereocenters.